The molecule has 15 heavy (non-hydrogen) atoms. The van der Waals surface area contributed by atoms with Crippen molar-refractivity contribution in [2.75, 3.05) is 0 Å². The van der Waals surface area contributed by atoms with Gasteiger partial charge in [-0.25, -0.2) is 0 Å². The number of hydrogen-bond donors (Lipinski definition) is 2. The van der Waals surface area contributed by atoms with Gasteiger partial charge in [0.2, 0.25) is 0 Å². The molecule has 2 N–H and O–H groups in total. The van der Waals surface area contributed by atoms with E-state index in [0.717, 1.165) is 18.4 Å². The molecule has 1 aliphatic rings. The van der Waals surface area contributed by atoms with Crippen LogP contribution in [0.1, 0.15) is 18.4 Å². The molecule has 2 rings (SSSR count). The summed E-state index contributed by atoms with van der Waals surface area (Å²) in [5, 5.41) is 18.1. The monoisotopic (exact) mass is 200 g/mol. The van der Waals surface area contributed by atoms with Crippen LogP contribution in [0.2, 0.25) is 0 Å². The van der Waals surface area contributed by atoms with Gasteiger partial charge in [0.1, 0.15) is 0 Å². The number of rotatable bonds is 2. The molecule has 0 spiro atoms. The van der Waals surface area contributed by atoms with Crippen molar-refractivity contribution in [2.24, 2.45) is 0 Å². The molecule has 0 aromatic heterocycles. The molecular weight excluding hydrogens is 187 g/mol. The van der Waals surface area contributed by atoms with Gasteiger partial charge in [-0.3, -0.25) is 0 Å². The van der Waals surface area contributed by atoms with Crippen LogP contribution in [0.4, 0.5) is 0 Å². The second-order valence-electron chi connectivity index (χ2n) is 3.66. The third-order valence-electron chi connectivity index (χ3n) is 2.57. The van der Waals surface area contributed by atoms with Crippen LogP contribution < -0.4 is 5.46 Å². The largest absolute Gasteiger partial charge is 0.488 e. The highest BCUT2D eigenvalue weighted by Gasteiger charge is 2.12. The van der Waals surface area contributed by atoms with E-state index in [2.05, 4.69) is 12.2 Å². The predicted molar refractivity (Wildman–Crippen MR) is 62.6 cm³/mol. The van der Waals surface area contributed by atoms with Crippen molar-refractivity contribution in [3.8, 4) is 0 Å². The van der Waals surface area contributed by atoms with E-state index in [1.165, 1.54) is 5.57 Å². The van der Waals surface area contributed by atoms with Gasteiger partial charge in [-0.1, -0.05) is 42.5 Å². The lowest BCUT2D eigenvalue weighted by Crippen LogP contribution is -2.29. The lowest BCUT2D eigenvalue weighted by atomic mass is 9.78. The zero-order valence-corrected chi connectivity index (χ0v) is 8.43. The molecule has 1 aliphatic carbocycles. The Morgan fingerprint density at radius 2 is 2.07 bits per heavy atom. The third kappa shape index (κ3) is 2.38. The van der Waals surface area contributed by atoms with Crippen molar-refractivity contribution in [1.29, 1.82) is 0 Å². The fourth-order valence-corrected chi connectivity index (χ4v) is 1.74. The fraction of sp³-hybridized carbons (Fsp3) is 0.167. The highest BCUT2D eigenvalue weighted by Crippen LogP contribution is 2.22. The summed E-state index contributed by atoms with van der Waals surface area (Å²) in [5.74, 6) is 0. The average Bonchev–Trinajstić information content (AvgIpc) is 2.30. The minimum atomic E-state index is -1.38. The molecule has 0 saturated heterocycles. The summed E-state index contributed by atoms with van der Waals surface area (Å²) < 4.78 is 0. The van der Waals surface area contributed by atoms with Gasteiger partial charge >= 0.3 is 7.12 Å². The molecule has 0 bridgehead atoms. The second kappa shape index (κ2) is 4.47. The summed E-state index contributed by atoms with van der Waals surface area (Å²) in [6.07, 6.45) is 8.32. The van der Waals surface area contributed by atoms with E-state index < -0.39 is 7.12 Å². The van der Waals surface area contributed by atoms with Crippen molar-refractivity contribution < 1.29 is 10.0 Å². The molecule has 0 saturated carbocycles. The van der Waals surface area contributed by atoms with Crippen LogP contribution in [0.5, 0.6) is 0 Å². The molecule has 0 fully saturated rings. The summed E-state index contributed by atoms with van der Waals surface area (Å²) in [6, 6.07) is 7.39. The van der Waals surface area contributed by atoms with E-state index in [-0.39, 0.29) is 0 Å². The van der Waals surface area contributed by atoms with Gasteiger partial charge in [-0.15, -0.1) is 0 Å². The Hall–Kier alpha value is -1.32. The molecule has 0 aliphatic heterocycles. The van der Waals surface area contributed by atoms with Crippen molar-refractivity contribution in [3.63, 3.8) is 0 Å². The standard InChI is InChI=1S/C12H13BO2/c14-13(15)12-8-4-7-11(9-12)10-5-2-1-3-6-10/h1-2,4-5,7-9,14-15H,3,6H2. The van der Waals surface area contributed by atoms with Crippen molar-refractivity contribution >= 4 is 18.2 Å². The van der Waals surface area contributed by atoms with Gasteiger partial charge < -0.3 is 10.0 Å². The first-order valence-corrected chi connectivity index (χ1v) is 5.09. The van der Waals surface area contributed by atoms with Gasteiger partial charge in [0.25, 0.3) is 0 Å². The van der Waals surface area contributed by atoms with E-state index in [9.17, 15) is 0 Å². The Morgan fingerprint density at radius 3 is 2.73 bits per heavy atom. The molecule has 0 heterocycles. The van der Waals surface area contributed by atoms with Crippen LogP contribution in [0.25, 0.3) is 5.57 Å². The molecule has 1 aromatic carbocycles. The van der Waals surface area contributed by atoms with Gasteiger partial charge in [-0.2, -0.15) is 0 Å². The zero-order chi connectivity index (χ0) is 10.7. The Morgan fingerprint density at radius 1 is 1.20 bits per heavy atom. The Labute approximate surface area is 89.7 Å². The van der Waals surface area contributed by atoms with Crippen molar-refractivity contribution in [3.05, 3.63) is 48.1 Å². The van der Waals surface area contributed by atoms with Crippen LogP contribution in [-0.2, 0) is 0 Å². The fourth-order valence-electron chi connectivity index (χ4n) is 1.74. The van der Waals surface area contributed by atoms with E-state index in [0.29, 0.717) is 5.46 Å². The smallest absolute Gasteiger partial charge is 0.423 e. The van der Waals surface area contributed by atoms with Gasteiger partial charge in [0.05, 0.1) is 0 Å². The van der Waals surface area contributed by atoms with Gasteiger partial charge in [-0.05, 0) is 29.4 Å². The highest BCUT2D eigenvalue weighted by molar-refractivity contribution is 6.58. The minimum absolute atomic E-state index is 0.544. The Balaban J connectivity index is 2.32. The summed E-state index contributed by atoms with van der Waals surface area (Å²) >= 11 is 0. The molecule has 1 aromatic rings. The molecule has 0 atom stereocenters. The average molecular weight is 200 g/mol. The Bertz CT molecular complexity index is 408. The normalized spacial score (nSPS) is 14.9. The topological polar surface area (TPSA) is 40.5 Å². The quantitative estimate of drug-likeness (QED) is 0.701. The first kappa shape index (κ1) is 10.2. The third-order valence-corrected chi connectivity index (χ3v) is 2.57. The summed E-state index contributed by atoms with van der Waals surface area (Å²) in [6.45, 7) is 0. The van der Waals surface area contributed by atoms with Gasteiger partial charge in [0, 0.05) is 0 Å². The maximum atomic E-state index is 9.07. The lowest BCUT2D eigenvalue weighted by molar-refractivity contribution is 0.426. The summed E-state index contributed by atoms with van der Waals surface area (Å²) in [7, 11) is -1.38. The molecule has 0 amide bonds. The number of hydrogen-bond acceptors (Lipinski definition) is 2. The predicted octanol–water partition coefficient (Wildman–Crippen LogP) is 1.10. The van der Waals surface area contributed by atoms with Crippen LogP contribution in [0, 0.1) is 0 Å². The van der Waals surface area contributed by atoms with E-state index in [4.69, 9.17) is 10.0 Å². The summed E-state index contributed by atoms with van der Waals surface area (Å²) in [5.41, 5.74) is 2.87. The van der Waals surface area contributed by atoms with E-state index in [1.807, 2.05) is 24.3 Å². The van der Waals surface area contributed by atoms with Crippen LogP contribution in [0.15, 0.2) is 42.5 Å². The first-order valence-electron chi connectivity index (χ1n) is 5.09. The maximum Gasteiger partial charge on any atom is 0.488 e. The lowest BCUT2D eigenvalue weighted by Gasteiger charge is -2.10. The SMILES string of the molecule is OB(O)c1cccc(C2=CC=CCC2)c1. The van der Waals surface area contributed by atoms with Gasteiger partial charge in [0.15, 0.2) is 0 Å². The minimum Gasteiger partial charge on any atom is -0.423 e. The maximum absolute atomic E-state index is 9.07. The van der Waals surface area contributed by atoms with Crippen LogP contribution in [0.3, 0.4) is 0 Å². The first-order chi connectivity index (χ1) is 7.27. The molecule has 76 valence electrons. The van der Waals surface area contributed by atoms with Crippen LogP contribution >= 0.6 is 0 Å². The van der Waals surface area contributed by atoms with Crippen molar-refractivity contribution in [1.82, 2.24) is 0 Å². The zero-order valence-electron chi connectivity index (χ0n) is 8.43. The molecule has 0 unspecified atom stereocenters. The number of allylic oxidation sites excluding steroid dienone is 4. The number of benzene rings is 1. The van der Waals surface area contributed by atoms with E-state index >= 15 is 0 Å². The molecule has 0 radical (unpaired) electrons. The molecule has 2 nitrogen and oxygen atoms in total. The Kier molecular flexibility index (Phi) is 3.04. The van der Waals surface area contributed by atoms with Crippen LogP contribution in [-0.4, -0.2) is 17.2 Å². The van der Waals surface area contributed by atoms with E-state index in [1.54, 1.807) is 6.07 Å². The van der Waals surface area contributed by atoms with Crippen molar-refractivity contribution in [2.45, 2.75) is 12.8 Å². The molecule has 3 heteroatoms. The summed E-state index contributed by atoms with van der Waals surface area (Å²) in [4.78, 5) is 0. The second-order valence-corrected chi connectivity index (χ2v) is 3.66. The molecular formula is C12H13BO2. The highest BCUT2D eigenvalue weighted by atomic mass is 16.4.